The Hall–Kier alpha value is -1.36. The molecule has 18 heavy (non-hydrogen) atoms. The van der Waals surface area contributed by atoms with Crippen LogP contribution < -0.4 is 10.2 Å². The molecule has 0 fully saturated rings. The molecule has 0 aliphatic heterocycles. The molecule has 0 bridgehead atoms. The molecule has 0 spiro atoms. The zero-order valence-electron chi connectivity index (χ0n) is 10.7. The summed E-state index contributed by atoms with van der Waals surface area (Å²) in [5, 5.41) is 2.77. The van der Waals surface area contributed by atoms with E-state index in [1.54, 1.807) is 6.07 Å². The van der Waals surface area contributed by atoms with Gasteiger partial charge < -0.3 is 10.2 Å². The molecule has 2 amide bonds. The number of anilines is 1. The third kappa shape index (κ3) is 4.14. The van der Waals surface area contributed by atoms with Crippen LogP contribution in [0.25, 0.3) is 0 Å². The third-order valence-electron chi connectivity index (χ3n) is 2.27. The minimum Gasteiger partial charge on any atom is -0.352 e. The molecule has 98 valence electrons. The molecule has 0 saturated heterocycles. The van der Waals surface area contributed by atoms with E-state index in [1.165, 1.54) is 11.8 Å². The van der Waals surface area contributed by atoms with Gasteiger partial charge in [0.15, 0.2) is 0 Å². The highest BCUT2D eigenvalue weighted by atomic mass is 79.9. The molecule has 4 nitrogen and oxygen atoms in total. The number of hydrogen-bond acceptors (Lipinski definition) is 2. The van der Waals surface area contributed by atoms with Crippen LogP contribution in [-0.2, 0) is 9.59 Å². The molecule has 1 N–H and O–H groups in total. The molecule has 0 atom stereocenters. The molecule has 0 saturated carbocycles. The largest absolute Gasteiger partial charge is 0.352 e. The molecule has 0 unspecified atom stereocenters. The molecule has 0 radical (unpaired) electrons. The zero-order chi connectivity index (χ0) is 13.7. The second kappa shape index (κ2) is 6.54. The Kier molecular flexibility index (Phi) is 5.34. The van der Waals surface area contributed by atoms with Gasteiger partial charge in [0.05, 0.1) is 5.69 Å². The first-order chi connectivity index (χ1) is 8.41. The fourth-order valence-corrected chi connectivity index (χ4v) is 2.05. The third-order valence-corrected chi connectivity index (χ3v) is 2.95. The second-order valence-electron chi connectivity index (χ2n) is 4.28. The highest BCUT2D eigenvalue weighted by Gasteiger charge is 2.17. The van der Waals surface area contributed by atoms with Crippen molar-refractivity contribution in [3.8, 4) is 0 Å². The van der Waals surface area contributed by atoms with E-state index in [0.29, 0.717) is 5.69 Å². The Morgan fingerprint density at radius 2 is 1.94 bits per heavy atom. The second-order valence-corrected chi connectivity index (χ2v) is 5.13. The summed E-state index contributed by atoms with van der Waals surface area (Å²) in [6.07, 6.45) is 0. The molecule has 1 rings (SSSR count). The van der Waals surface area contributed by atoms with E-state index >= 15 is 0 Å². The Balaban J connectivity index is 2.88. The number of carbonyl (C=O) groups is 2. The minimum absolute atomic E-state index is 0.0239. The van der Waals surface area contributed by atoms with E-state index in [-0.39, 0.29) is 24.4 Å². The lowest BCUT2D eigenvalue weighted by Crippen LogP contribution is -2.42. The van der Waals surface area contributed by atoms with Gasteiger partial charge in [0.1, 0.15) is 6.54 Å². The number of amides is 2. The lowest BCUT2D eigenvalue weighted by molar-refractivity contribution is -0.123. The van der Waals surface area contributed by atoms with Crippen LogP contribution in [0.15, 0.2) is 28.7 Å². The van der Waals surface area contributed by atoms with Gasteiger partial charge in [-0.05, 0) is 41.9 Å². The van der Waals surface area contributed by atoms with Crippen LogP contribution in [0.1, 0.15) is 20.8 Å². The Labute approximate surface area is 115 Å². The summed E-state index contributed by atoms with van der Waals surface area (Å²) in [7, 11) is 0. The zero-order valence-corrected chi connectivity index (χ0v) is 12.3. The number of benzene rings is 1. The van der Waals surface area contributed by atoms with Crippen LogP contribution >= 0.6 is 15.9 Å². The van der Waals surface area contributed by atoms with Gasteiger partial charge in [-0.1, -0.05) is 12.1 Å². The number of nitrogens with zero attached hydrogens (tertiary/aromatic N) is 1. The topological polar surface area (TPSA) is 49.4 Å². The summed E-state index contributed by atoms with van der Waals surface area (Å²) in [4.78, 5) is 24.8. The number of rotatable bonds is 4. The SMILES string of the molecule is CC(=O)N(CC(=O)NC(C)C)c1ccccc1Br. The predicted octanol–water partition coefficient (Wildman–Crippen LogP) is 2.33. The maximum atomic E-state index is 11.7. The molecular weight excluding hydrogens is 296 g/mol. The highest BCUT2D eigenvalue weighted by Crippen LogP contribution is 2.25. The molecule has 1 aromatic rings. The fourth-order valence-electron chi connectivity index (χ4n) is 1.55. The van der Waals surface area contributed by atoms with Gasteiger partial charge in [0, 0.05) is 17.4 Å². The number of halogens is 1. The fraction of sp³-hybridized carbons (Fsp3) is 0.385. The maximum Gasteiger partial charge on any atom is 0.240 e. The first kappa shape index (κ1) is 14.7. The van der Waals surface area contributed by atoms with Crippen LogP contribution in [-0.4, -0.2) is 24.4 Å². The summed E-state index contributed by atoms with van der Waals surface area (Å²) >= 11 is 3.38. The number of hydrogen-bond donors (Lipinski definition) is 1. The molecule has 0 aliphatic rings. The summed E-state index contributed by atoms with van der Waals surface area (Å²) in [6.45, 7) is 5.24. The van der Waals surface area contributed by atoms with Crippen molar-refractivity contribution in [2.24, 2.45) is 0 Å². The first-order valence-corrected chi connectivity index (χ1v) is 6.53. The first-order valence-electron chi connectivity index (χ1n) is 5.73. The van der Waals surface area contributed by atoms with Gasteiger partial charge in [-0.25, -0.2) is 0 Å². The average molecular weight is 313 g/mol. The summed E-state index contributed by atoms with van der Waals surface area (Å²) in [5.41, 5.74) is 0.698. The van der Waals surface area contributed by atoms with E-state index in [2.05, 4.69) is 21.2 Å². The normalized spacial score (nSPS) is 10.3. The molecular formula is C13H17BrN2O2. The van der Waals surface area contributed by atoms with Crippen molar-refractivity contribution >= 4 is 33.4 Å². The van der Waals surface area contributed by atoms with Gasteiger partial charge in [0.25, 0.3) is 0 Å². The lowest BCUT2D eigenvalue weighted by atomic mass is 10.2. The van der Waals surface area contributed by atoms with Crippen LogP contribution in [0.3, 0.4) is 0 Å². The Bertz CT molecular complexity index is 446. The van der Waals surface area contributed by atoms with Gasteiger partial charge >= 0.3 is 0 Å². The van der Waals surface area contributed by atoms with Gasteiger partial charge in [-0.2, -0.15) is 0 Å². The number of para-hydroxylation sites is 1. The smallest absolute Gasteiger partial charge is 0.240 e. The van der Waals surface area contributed by atoms with Crippen molar-refractivity contribution in [3.05, 3.63) is 28.7 Å². The molecule has 0 aliphatic carbocycles. The van der Waals surface area contributed by atoms with Gasteiger partial charge in [-0.3, -0.25) is 9.59 Å². The Morgan fingerprint density at radius 3 is 2.44 bits per heavy atom. The monoisotopic (exact) mass is 312 g/mol. The number of nitrogens with one attached hydrogen (secondary N) is 1. The van der Waals surface area contributed by atoms with E-state index in [9.17, 15) is 9.59 Å². The van der Waals surface area contributed by atoms with E-state index in [4.69, 9.17) is 0 Å². The molecule has 0 aromatic heterocycles. The van der Waals surface area contributed by atoms with Gasteiger partial charge in [-0.15, -0.1) is 0 Å². The van der Waals surface area contributed by atoms with Crippen molar-refractivity contribution < 1.29 is 9.59 Å². The van der Waals surface area contributed by atoms with Crippen molar-refractivity contribution in [3.63, 3.8) is 0 Å². The predicted molar refractivity (Wildman–Crippen MR) is 75.4 cm³/mol. The summed E-state index contributed by atoms with van der Waals surface area (Å²) in [5.74, 6) is -0.336. The van der Waals surface area contributed by atoms with E-state index in [0.717, 1.165) is 4.47 Å². The molecule has 1 aromatic carbocycles. The van der Waals surface area contributed by atoms with Crippen molar-refractivity contribution in [1.29, 1.82) is 0 Å². The minimum atomic E-state index is -0.170. The van der Waals surface area contributed by atoms with Crippen molar-refractivity contribution in [1.82, 2.24) is 5.32 Å². The quantitative estimate of drug-likeness (QED) is 0.927. The van der Waals surface area contributed by atoms with Gasteiger partial charge in [0.2, 0.25) is 11.8 Å². The molecule has 0 heterocycles. The summed E-state index contributed by atoms with van der Waals surface area (Å²) < 4.78 is 0.789. The van der Waals surface area contributed by atoms with Crippen molar-refractivity contribution in [2.45, 2.75) is 26.8 Å². The van der Waals surface area contributed by atoms with Crippen LogP contribution in [0.2, 0.25) is 0 Å². The average Bonchev–Trinajstić information content (AvgIpc) is 2.25. The maximum absolute atomic E-state index is 11.7. The van der Waals surface area contributed by atoms with Crippen LogP contribution in [0.4, 0.5) is 5.69 Å². The van der Waals surface area contributed by atoms with E-state index < -0.39 is 0 Å². The lowest BCUT2D eigenvalue weighted by Gasteiger charge is -2.22. The molecule has 5 heteroatoms. The van der Waals surface area contributed by atoms with E-state index in [1.807, 2.05) is 32.0 Å². The van der Waals surface area contributed by atoms with Crippen LogP contribution in [0.5, 0.6) is 0 Å². The summed E-state index contributed by atoms with van der Waals surface area (Å²) in [6, 6.07) is 7.39. The van der Waals surface area contributed by atoms with Crippen molar-refractivity contribution in [2.75, 3.05) is 11.4 Å². The number of carbonyl (C=O) groups excluding carboxylic acids is 2. The standard InChI is InChI=1S/C13H17BrN2O2/c1-9(2)15-13(18)8-16(10(3)17)12-7-5-4-6-11(12)14/h4-7,9H,8H2,1-3H3,(H,15,18). The van der Waals surface area contributed by atoms with Crippen LogP contribution in [0, 0.1) is 0 Å². The highest BCUT2D eigenvalue weighted by molar-refractivity contribution is 9.10. The Morgan fingerprint density at radius 1 is 1.33 bits per heavy atom.